The molecule has 4 rings (SSSR count). The summed E-state index contributed by atoms with van der Waals surface area (Å²) in [5, 5.41) is 0.973. The fourth-order valence-corrected chi connectivity index (χ4v) is 4.11. The third-order valence-electron chi connectivity index (χ3n) is 4.74. The Bertz CT molecular complexity index is 1060. The molecule has 0 aliphatic heterocycles. The van der Waals surface area contributed by atoms with E-state index in [9.17, 15) is 0 Å². The zero-order chi connectivity index (χ0) is 20.3. The van der Waals surface area contributed by atoms with Crippen LogP contribution in [-0.4, -0.2) is 18.2 Å². The maximum Gasteiger partial charge on any atom is 0.129 e. The molecule has 0 radical (unpaired) electrons. The Labute approximate surface area is 176 Å². The van der Waals surface area contributed by atoms with Crippen molar-refractivity contribution in [2.75, 3.05) is 13.2 Å². The zero-order valence-electron chi connectivity index (χ0n) is 17.0. The second-order valence-corrected chi connectivity index (χ2v) is 8.98. The highest BCUT2D eigenvalue weighted by Crippen LogP contribution is 2.35. The molecule has 0 aliphatic rings. The van der Waals surface area contributed by atoms with Crippen molar-refractivity contribution in [1.82, 2.24) is 4.98 Å². The van der Waals surface area contributed by atoms with Gasteiger partial charge in [-0.1, -0.05) is 57.2 Å². The summed E-state index contributed by atoms with van der Waals surface area (Å²) < 4.78 is 13.1. The van der Waals surface area contributed by atoms with Gasteiger partial charge in [-0.25, -0.2) is 4.98 Å². The summed E-state index contributed by atoms with van der Waals surface area (Å²) in [6.07, 6.45) is 0. The molecule has 29 heavy (non-hydrogen) atoms. The minimum atomic E-state index is 0.145. The highest BCUT2D eigenvalue weighted by atomic mass is 32.1. The highest BCUT2D eigenvalue weighted by molar-refractivity contribution is 7.21. The molecule has 0 saturated carbocycles. The number of fused-ring (bicyclic) bond motifs is 1. The second-order valence-electron chi connectivity index (χ2n) is 7.95. The van der Waals surface area contributed by atoms with Gasteiger partial charge in [0.05, 0.1) is 15.8 Å². The molecule has 0 amide bonds. The molecular weight excluding hydrogens is 378 g/mol. The summed E-state index contributed by atoms with van der Waals surface area (Å²) in [4.78, 5) is 4.75. The second kappa shape index (κ2) is 8.26. The smallest absolute Gasteiger partial charge is 0.129 e. The summed E-state index contributed by atoms with van der Waals surface area (Å²) in [6.45, 7) is 7.59. The van der Waals surface area contributed by atoms with Crippen molar-refractivity contribution in [1.29, 1.82) is 0 Å². The summed E-state index contributed by atoms with van der Waals surface area (Å²) in [5.41, 5.74) is 3.48. The lowest BCUT2D eigenvalue weighted by atomic mass is 9.87. The number of aromatic nitrogens is 1. The molecule has 3 nitrogen and oxygen atoms in total. The predicted molar refractivity (Wildman–Crippen MR) is 121 cm³/mol. The topological polar surface area (TPSA) is 31.4 Å². The highest BCUT2D eigenvalue weighted by Gasteiger charge is 2.13. The number of hydrogen-bond donors (Lipinski definition) is 0. The van der Waals surface area contributed by atoms with E-state index in [2.05, 4.69) is 45.0 Å². The van der Waals surface area contributed by atoms with Crippen molar-refractivity contribution in [3.63, 3.8) is 0 Å². The van der Waals surface area contributed by atoms with Crippen LogP contribution in [0.1, 0.15) is 26.3 Å². The molecule has 0 bridgehead atoms. The largest absolute Gasteiger partial charge is 0.490 e. The van der Waals surface area contributed by atoms with Crippen LogP contribution in [0.25, 0.3) is 20.8 Å². The Morgan fingerprint density at radius 2 is 1.48 bits per heavy atom. The molecule has 148 valence electrons. The van der Waals surface area contributed by atoms with Gasteiger partial charge in [-0.05, 0) is 47.4 Å². The summed E-state index contributed by atoms with van der Waals surface area (Å²) in [6, 6.07) is 24.5. The number of rotatable bonds is 6. The Kier molecular flexibility index (Phi) is 5.54. The molecule has 0 N–H and O–H groups in total. The minimum absolute atomic E-state index is 0.145. The molecule has 0 fully saturated rings. The van der Waals surface area contributed by atoms with Gasteiger partial charge >= 0.3 is 0 Å². The normalized spacial score (nSPS) is 11.6. The first kappa shape index (κ1) is 19.5. The molecular formula is C25H25NO2S. The number of nitrogens with zero attached hydrogens (tertiary/aromatic N) is 1. The minimum Gasteiger partial charge on any atom is -0.490 e. The van der Waals surface area contributed by atoms with Crippen LogP contribution in [0.2, 0.25) is 0 Å². The zero-order valence-corrected chi connectivity index (χ0v) is 17.8. The Morgan fingerprint density at radius 3 is 2.24 bits per heavy atom. The first-order valence-corrected chi connectivity index (χ1v) is 10.6. The molecule has 1 aromatic heterocycles. The quantitative estimate of drug-likeness (QED) is 0.335. The SMILES string of the molecule is CC(C)(C)c1ccc(OCCOc2ccccc2-c2nc3ccccc3s2)cc1. The van der Waals surface area contributed by atoms with Crippen LogP contribution in [0, 0.1) is 0 Å². The molecule has 0 spiro atoms. The van der Waals surface area contributed by atoms with E-state index in [1.807, 2.05) is 48.5 Å². The number of para-hydroxylation sites is 2. The van der Waals surface area contributed by atoms with Crippen LogP contribution in [0.4, 0.5) is 0 Å². The molecule has 4 aromatic rings. The lowest BCUT2D eigenvalue weighted by molar-refractivity contribution is 0.217. The Hall–Kier alpha value is -2.85. The number of ether oxygens (including phenoxy) is 2. The third kappa shape index (κ3) is 4.60. The average molecular weight is 404 g/mol. The number of benzene rings is 3. The molecule has 4 heteroatoms. The molecule has 0 atom stereocenters. The molecule has 0 aliphatic carbocycles. The first-order chi connectivity index (χ1) is 14.0. The van der Waals surface area contributed by atoms with Crippen molar-refractivity contribution >= 4 is 21.6 Å². The van der Waals surface area contributed by atoms with Gasteiger partial charge in [0.25, 0.3) is 0 Å². The van der Waals surface area contributed by atoms with Gasteiger partial charge < -0.3 is 9.47 Å². The van der Waals surface area contributed by atoms with Crippen LogP contribution < -0.4 is 9.47 Å². The van der Waals surface area contributed by atoms with E-state index in [0.29, 0.717) is 13.2 Å². The maximum atomic E-state index is 6.03. The van der Waals surface area contributed by atoms with Crippen LogP contribution in [0.3, 0.4) is 0 Å². The van der Waals surface area contributed by atoms with E-state index in [1.54, 1.807) is 11.3 Å². The fourth-order valence-electron chi connectivity index (χ4n) is 3.12. The van der Waals surface area contributed by atoms with Gasteiger partial charge in [-0.3, -0.25) is 0 Å². The van der Waals surface area contributed by atoms with Crippen LogP contribution >= 0.6 is 11.3 Å². The molecule has 0 unspecified atom stereocenters. The molecule has 3 aromatic carbocycles. The van der Waals surface area contributed by atoms with Gasteiger partial charge in [-0.2, -0.15) is 0 Å². The first-order valence-electron chi connectivity index (χ1n) is 9.82. The van der Waals surface area contributed by atoms with E-state index in [-0.39, 0.29) is 5.41 Å². The summed E-state index contributed by atoms with van der Waals surface area (Å²) in [7, 11) is 0. The summed E-state index contributed by atoms with van der Waals surface area (Å²) >= 11 is 1.68. The van der Waals surface area contributed by atoms with Gasteiger partial charge in [0.2, 0.25) is 0 Å². The number of thiazole rings is 1. The van der Waals surface area contributed by atoms with Crippen LogP contribution in [0.15, 0.2) is 72.8 Å². The van der Waals surface area contributed by atoms with E-state index in [1.165, 1.54) is 10.3 Å². The standard InChI is InChI=1S/C25H25NO2S/c1-25(2,3)18-12-14-19(15-13-18)27-16-17-28-22-10-6-4-8-20(22)24-26-21-9-5-7-11-23(21)29-24/h4-15H,16-17H2,1-3H3. The van der Waals surface area contributed by atoms with Crippen LogP contribution in [0.5, 0.6) is 11.5 Å². The van der Waals surface area contributed by atoms with Crippen molar-refractivity contribution in [3.05, 3.63) is 78.4 Å². The van der Waals surface area contributed by atoms with E-state index >= 15 is 0 Å². The monoisotopic (exact) mass is 403 g/mol. The van der Waals surface area contributed by atoms with E-state index < -0.39 is 0 Å². The van der Waals surface area contributed by atoms with Crippen molar-refractivity contribution in [2.45, 2.75) is 26.2 Å². The predicted octanol–water partition coefficient (Wildman–Crippen LogP) is 6.72. The fraction of sp³-hybridized carbons (Fsp3) is 0.240. The van der Waals surface area contributed by atoms with Gasteiger partial charge in [0.15, 0.2) is 0 Å². The third-order valence-corrected chi connectivity index (χ3v) is 5.81. The Morgan fingerprint density at radius 1 is 0.793 bits per heavy atom. The summed E-state index contributed by atoms with van der Waals surface area (Å²) in [5.74, 6) is 1.69. The lowest BCUT2D eigenvalue weighted by Gasteiger charge is -2.19. The molecule has 0 saturated heterocycles. The number of hydrogen-bond acceptors (Lipinski definition) is 4. The van der Waals surface area contributed by atoms with E-state index in [0.717, 1.165) is 27.6 Å². The van der Waals surface area contributed by atoms with Gasteiger partial charge in [-0.15, -0.1) is 11.3 Å². The van der Waals surface area contributed by atoms with Crippen molar-refractivity contribution < 1.29 is 9.47 Å². The van der Waals surface area contributed by atoms with Crippen LogP contribution in [-0.2, 0) is 5.41 Å². The lowest BCUT2D eigenvalue weighted by Crippen LogP contribution is -2.11. The molecule has 1 heterocycles. The van der Waals surface area contributed by atoms with Crippen molar-refractivity contribution in [2.24, 2.45) is 0 Å². The van der Waals surface area contributed by atoms with Gasteiger partial charge in [0, 0.05) is 0 Å². The van der Waals surface area contributed by atoms with E-state index in [4.69, 9.17) is 14.5 Å². The Balaban J connectivity index is 1.39. The van der Waals surface area contributed by atoms with Crippen molar-refractivity contribution in [3.8, 4) is 22.1 Å². The average Bonchev–Trinajstić information content (AvgIpc) is 3.15. The maximum absolute atomic E-state index is 6.03. The van der Waals surface area contributed by atoms with Gasteiger partial charge in [0.1, 0.15) is 29.7 Å².